The second-order valence-electron chi connectivity index (χ2n) is 4.20. The van der Waals surface area contributed by atoms with Gasteiger partial charge >= 0.3 is 0 Å². The van der Waals surface area contributed by atoms with Crippen molar-refractivity contribution in [1.29, 1.82) is 0 Å². The van der Waals surface area contributed by atoms with Crippen molar-refractivity contribution >= 4 is 23.2 Å². The van der Waals surface area contributed by atoms with Crippen molar-refractivity contribution in [1.82, 2.24) is 0 Å². The summed E-state index contributed by atoms with van der Waals surface area (Å²) in [5.41, 5.74) is 7.04. The third-order valence-electron chi connectivity index (χ3n) is 2.84. The summed E-state index contributed by atoms with van der Waals surface area (Å²) in [5.74, 6) is -0.987. The highest BCUT2D eigenvalue weighted by atomic mass is 35.5. The van der Waals surface area contributed by atoms with Gasteiger partial charge in [0.2, 0.25) is 0 Å². The summed E-state index contributed by atoms with van der Waals surface area (Å²) < 4.78 is 26.8. The quantitative estimate of drug-likeness (QED) is 0.886. The summed E-state index contributed by atoms with van der Waals surface area (Å²) in [7, 11) is 0. The Labute approximate surface area is 119 Å². The third kappa shape index (κ3) is 3.24. The van der Waals surface area contributed by atoms with Gasteiger partial charge in [0.05, 0.1) is 10.0 Å². The molecule has 1 atom stereocenters. The van der Waals surface area contributed by atoms with Crippen LogP contribution in [0.1, 0.15) is 17.2 Å². The van der Waals surface area contributed by atoms with Gasteiger partial charge in [-0.05, 0) is 35.7 Å². The molecule has 19 heavy (non-hydrogen) atoms. The van der Waals surface area contributed by atoms with E-state index >= 15 is 0 Å². The van der Waals surface area contributed by atoms with E-state index in [-0.39, 0.29) is 16.5 Å². The highest BCUT2D eigenvalue weighted by Gasteiger charge is 2.13. The Balaban J connectivity index is 2.23. The van der Waals surface area contributed by atoms with E-state index in [4.69, 9.17) is 28.9 Å². The van der Waals surface area contributed by atoms with Crippen molar-refractivity contribution < 1.29 is 8.78 Å². The maximum Gasteiger partial charge on any atom is 0.145 e. The fourth-order valence-corrected chi connectivity index (χ4v) is 2.19. The van der Waals surface area contributed by atoms with Crippen molar-refractivity contribution in [2.75, 3.05) is 0 Å². The van der Waals surface area contributed by atoms with Crippen LogP contribution in [-0.4, -0.2) is 0 Å². The average molecular weight is 302 g/mol. The van der Waals surface area contributed by atoms with Crippen LogP contribution < -0.4 is 5.73 Å². The molecule has 0 fully saturated rings. The van der Waals surface area contributed by atoms with Gasteiger partial charge in [0, 0.05) is 6.04 Å². The van der Waals surface area contributed by atoms with E-state index in [0.717, 1.165) is 0 Å². The Morgan fingerprint density at radius 1 is 1.05 bits per heavy atom. The highest BCUT2D eigenvalue weighted by molar-refractivity contribution is 6.31. The number of halogens is 4. The van der Waals surface area contributed by atoms with Crippen molar-refractivity contribution in [2.24, 2.45) is 5.73 Å². The molecule has 2 N–H and O–H groups in total. The van der Waals surface area contributed by atoms with E-state index in [9.17, 15) is 8.78 Å². The molecule has 1 nitrogen and oxygen atoms in total. The highest BCUT2D eigenvalue weighted by Crippen LogP contribution is 2.25. The Kier molecular flexibility index (Phi) is 4.40. The first-order valence-electron chi connectivity index (χ1n) is 5.62. The fraction of sp³-hybridized carbons (Fsp3) is 0.143. The lowest BCUT2D eigenvalue weighted by Gasteiger charge is -2.13. The molecule has 100 valence electrons. The molecule has 0 aliphatic rings. The van der Waals surface area contributed by atoms with E-state index in [1.807, 2.05) is 0 Å². The minimum atomic E-state index is -0.508. The SMILES string of the molecule is NC(Cc1cccc(Cl)c1F)c1ccc(F)c(Cl)c1. The fourth-order valence-electron chi connectivity index (χ4n) is 1.80. The Hall–Kier alpha value is -1.16. The molecule has 2 aromatic rings. The van der Waals surface area contributed by atoms with Crippen LogP contribution >= 0.6 is 23.2 Å². The lowest BCUT2D eigenvalue weighted by Crippen LogP contribution is -2.14. The van der Waals surface area contributed by atoms with Crippen LogP contribution in [0.5, 0.6) is 0 Å². The normalized spacial score (nSPS) is 12.5. The number of benzene rings is 2. The van der Waals surface area contributed by atoms with Crippen LogP contribution in [0.15, 0.2) is 36.4 Å². The molecule has 0 aliphatic carbocycles. The van der Waals surface area contributed by atoms with E-state index < -0.39 is 17.7 Å². The lowest BCUT2D eigenvalue weighted by atomic mass is 9.99. The van der Waals surface area contributed by atoms with Crippen LogP contribution in [0.3, 0.4) is 0 Å². The smallest absolute Gasteiger partial charge is 0.145 e. The largest absolute Gasteiger partial charge is 0.324 e. The molecule has 0 aromatic heterocycles. The number of hydrogen-bond acceptors (Lipinski definition) is 1. The van der Waals surface area contributed by atoms with Gasteiger partial charge in [-0.1, -0.05) is 41.4 Å². The van der Waals surface area contributed by atoms with Crippen LogP contribution in [0.4, 0.5) is 8.78 Å². The molecule has 5 heteroatoms. The van der Waals surface area contributed by atoms with Gasteiger partial charge in [-0.3, -0.25) is 0 Å². The molecule has 0 amide bonds. The first kappa shape index (κ1) is 14.3. The van der Waals surface area contributed by atoms with Crippen LogP contribution in [-0.2, 0) is 6.42 Å². The van der Waals surface area contributed by atoms with Crippen molar-refractivity contribution in [3.05, 3.63) is 69.2 Å². The predicted octanol–water partition coefficient (Wildman–Crippen LogP) is 4.51. The van der Waals surface area contributed by atoms with Crippen molar-refractivity contribution in [2.45, 2.75) is 12.5 Å². The minimum Gasteiger partial charge on any atom is -0.324 e. The Bertz CT molecular complexity index is 602. The van der Waals surface area contributed by atoms with Crippen molar-refractivity contribution in [3.8, 4) is 0 Å². The van der Waals surface area contributed by atoms with Gasteiger partial charge in [0.15, 0.2) is 0 Å². The molecular weight excluding hydrogens is 291 g/mol. The summed E-state index contributed by atoms with van der Waals surface area (Å²) in [6, 6.07) is 8.49. The van der Waals surface area contributed by atoms with E-state index in [1.54, 1.807) is 12.1 Å². The topological polar surface area (TPSA) is 26.0 Å². The van der Waals surface area contributed by atoms with Gasteiger partial charge in [0.25, 0.3) is 0 Å². The molecule has 0 aliphatic heterocycles. The standard InChI is InChI=1S/C14H11Cl2F2N/c15-10-3-1-2-9(14(10)18)7-13(19)8-4-5-12(17)11(16)6-8/h1-6,13H,7,19H2. The van der Waals surface area contributed by atoms with Crippen LogP contribution in [0.2, 0.25) is 10.0 Å². The summed E-state index contributed by atoms with van der Waals surface area (Å²) in [6.07, 6.45) is 0.258. The minimum absolute atomic E-state index is 0.000448. The maximum atomic E-state index is 13.7. The summed E-state index contributed by atoms with van der Waals surface area (Å²) in [5, 5.41) is 0.0568. The summed E-state index contributed by atoms with van der Waals surface area (Å²) in [4.78, 5) is 0. The molecule has 0 spiro atoms. The van der Waals surface area contributed by atoms with E-state index in [2.05, 4.69) is 0 Å². The second kappa shape index (κ2) is 5.87. The van der Waals surface area contributed by atoms with Crippen molar-refractivity contribution in [3.63, 3.8) is 0 Å². The van der Waals surface area contributed by atoms with Gasteiger partial charge < -0.3 is 5.73 Å². The lowest BCUT2D eigenvalue weighted by molar-refractivity contribution is 0.592. The average Bonchev–Trinajstić information content (AvgIpc) is 2.38. The third-order valence-corrected chi connectivity index (χ3v) is 3.42. The first-order chi connectivity index (χ1) is 8.99. The zero-order chi connectivity index (χ0) is 14.0. The Morgan fingerprint density at radius 3 is 2.47 bits per heavy atom. The molecule has 2 aromatic carbocycles. The summed E-state index contributed by atoms with van der Waals surface area (Å²) >= 11 is 11.4. The molecule has 0 radical (unpaired) electrons. The molecule has 0 heterocycles. The maximum absolute atomic E-state index is 13.7. The zero-order valence-electron chi connectivity index (χ0n) is 9.84. The number of rotatable bonds is 3. The van der Waals surface area contributed by atoms with Gasteiger partial charge in [-0.25, -0.2) is 8.78 Å². The van der Waals surface area contributed by atoms with Gasteiger partial charge in [-0.2, -0.15) is 0 Å². The molecule has 0 saturated carbocycles. The molecule has 1 unspecified atom stereocenters. The molecule has 0 saturated heterocycles. The zero-order valence-corrected chi connectivity index (χ0v) is 11.3. The molecular formula is C14H11Cl2F2N. The predicted molar refractivity (Wildman–Crippen MR) is 73.5 cm³/mol. The monoisotopic (exact) mass is 301 g/mol. The second-order valence-corrected chi connectivity index (χ2v) is 5.01. The van der Waals surface area contributed by atoms with Gasteiger partial charge in [-0.15, -0.1) is 0 Å². The Morgan fingerprint density at radius 2 is 1.79 bits per heavy atom. The van der Waals surface area contributed by atoms with Crippen LogP contribution in [0.25, 0.3) is 0 Å². The van der Waals surface area contributed by atoms with Crippen LogP contribution in [0, 0.1) is 11.6 Å². The van der Waals surface area contributed by atoms with E-state index in [1.165, 1.54) is 24.3 Å². The number of nitrogens with two attached hydrogens (primary N) is 1. The molecule has 2 rings (SSSR count). The molecule has 0 bridgehead atoms. The summed E-state index contributed by atoms with van der Waals surface area (Å²) in [6.45, 7) is 0. The van der Waals surface area contributed by atoms with E-state index in [0.29, 0.717) is 11.1 Å². The number of hydrogen-bond donors (Lipinski definition) is 1. The first-order valence-corrected chi connectivity index (χ1v) is 6.38. The van der Waals surface area contributed by atoms with Gasteiger partial charge in [0.1, 0.15) is 11.6 Å².